The molecule has 1 heterocycles. The van der Waals surface area contributed by atoms with Gasteiger partial charge in [0.15, 0.2) is 0 Å². The number of carbonyl (C=O) groups excluding carboxylic acids is 2. The number of alkyl carbamates (subject to hydrolysis) is 1. The molecule has 23 heavy (non-hydrogen) atoms. The topological polar surface area (TPSA) is 95.9 Å². The van der Waals surface area contributed by atoms with Gasteiger partial charge in [-0.05, 0) is 52.9 Å². The molecule has 1 aliphatic heterocycles. The predicted molar refractivity (Wildman–Crippen MR) is 82.9 cm³/mol. The van der Waals surface area contributed by atoms with E-state index in [1.165, 1.54) is 4.90 Å². The number of hydrogen-bond acceptors (Lipinski definition) is 4. The van der Waals surface area contributed by atoms with E-state index in [1.54, 1.807) is 27.7 Å². The van der Waals surface area contributed by atoms with E-state index < -0.39 is 29.2 Å². The smallest absolute Gasteiger partial charge is 0.408 e. The Hall–Kier alpha value is -1.79. The van der Waals surface area contributed by atoms with E-state index in [1.807, 2.05) is 0 Å². The third-order valence-corrected chi connectivity index (χ3v) is 4.71. The Morgan fingerprint density at radius 2 is 1.96 bits per heavy atom. The molecular weight excluding hydrogens is 300 g/mol. The highest BCUT2D eigenvalue weighted by atomic mass is 16.6. The van der Waals surface area contributed by atoms with E-state index in [4.69, 9.17) is 4.74 Å². The highest BCUT2D eigenvalue weighted by Crippen LogP contribution is 2.47. The van der Waals surface area contributed by atoms with Crippen molar-refractivity contribution in [2.75, 3.05) is 6.54 Å². The molecule has 3 atom stereocenters. The molecular formula is C16H26N2O5. The van der Waals surface area contributed by atoms with Crippen LogP contribution in [0.2, 0.25) is 0 Å². The fourth-order valence-electron chi connectivity index (χ4n) is 3.77. The van der Waals surface area contributed by atoms with E-state index in [9.17, 15) is 19.5 Å². The summed E-state index contributed by atoms with van der Waals surface area (Å²) in [7, 11) is 0. The first-order chi connectivity index (χ1) is 10.6. The number of carboxylic acids is 1. The summed E-state index contributed by atoms with van der Waals surface area (Å²) < 4.78 is 5.14. The van der Waals surface area contributed by atoms with Crippen LogP contribution in [-0.4, -0.2) is 51.7 Å². The summed E-state index contributed by atoms with van der Waals surface area (Å²) in [6.45, 7) is 7.20. The highest BCUT2D eigenvalue weighted by Gasteiger charge is 2.59. The Balaban J connectivity index is 2.07. The van der Waals surface area contributed by atoms with Crippen molar-refractivity contribution in [3.63, 3.8) is 0 Å². The number of carbonyl (C=O) groups is 3. The third-order valence-electron chi connectivity index (χ3n) is 4.71. The number of likely N-dealkylation sites (tertiary alicyclic amines) is 1. The predicted octanol–water partition coefficient (Wildman–Crippen LogP) is 1.76. The molecule has 1 aliphatic carbocycles. The molecule has 0 unspecified atom stereocenters. The van der Waals surface area contributed by atoms with Crippen molar-refractivity contribution in [2.24, 2.45) is 5.92 Å². The average Bonchev–Trinajstić information content (AvgIpc) is 2.93. The molecule has 0 spiro atoms. The molecule has 0 radical (unpaired) electrons. The number of amides is 2. The number of ether oxygens (including phenoxy) is 1. The van der Waals surface area contributed by atoms with Gasteiger partial charge in [0.05, 0.1) is 0 Å². The number of fused-ring (bicyclic) bond motifs is 1. The maximum absolute atomic E-state index is 12.7. The number of nitrogens with one attached hydrogen (secondary N) is 1. The zero-order chi connectivity index (χ0) is 17.4. The van der Waals surface area contributed by atoms with Gasteiger partial charge in [-0.2, -0.15) is 0 Å². The van der Waals surface area contributed by atoms with Crippen molar-refractivity contribution in [1.82, 2.24) is 10.2 Å². The van der Waals surface area contributed by atoms with Gasteiger partial charge in [0.1, 0.15) is 17.2 Å². The monoisotopic (exact) mass is 326 g/mol. The van der Waals surface area contributed by atoms with E-state index in [2.05, 4.69) is 5.32 Å². The molecule has 0 aromatic rings. The summed E-state index contributed by atoms with van der Waals surface area (Å²) in [5.74, 6) is -1.28. The lowest BCUT2D eigenvalue weighted by molar-refractivity contribution is -0.158. The second-order valence-electron chi connectivity index (χ2n) is 7.47. The Morgan fingerprint density at radius 3 is 2.52 bits per heavy atom. The summed E-state index contributed by atoms with van der Waals surface area (Å²) in [5, 5.41) is 12.2. The SMILES string of the molecule is C[C@H](NC(=O)OC(C)(C)C)C(=O)N1CC[C@H]2CCC[C@]21C(=O)O. The van der Waals surface area contributed by atoms with Gasteiger partial charge in [-0.3, -0.25) is 4.79 Å². The van der Waals surface area contributed by atoms with Crippen molar-refractivity contribution < 1.29 is 24.2 Å². The lowest BCUT2D eigenvalue weighted by Crippen LogP contribution is -2.58. The molecule has 0 bridgehead atoms. The molecule has 7 heteroatoms. The molecule has 2 fully saturated rings. The van der Waals surface area contributed by atoms with Crippen LogP contribution in [0.25, 0.3) is 0 Å². The van der Waals surface area contributed by atoms with Gasteiger partial charge in [0, 0.05) is 6.54 Å². The van der Waals surface area contributed by atoms with Crippen molar-refractivity contribution >= 4 is 18.0 Å². The normalized spacial score (nSPS) is 28.2. The molecule has 0 aromatic heterocycles. The van der Waals surface area contributed by atoms with Crippen LogP contribution in [0.3, 0.4) is 0 Å². The number of nitrogens with zero attached hydrogens (tertiary/aromatic N) is 1. The lowest BCUT2D eigenvalue weighted by atomic mass is 9.88. The van der Waals surface area contributed by atoms with Crippen LogP contribution in [0.4, 0.5) is 4.79 Å². The molecule has 2 N–H and O–H groups in total. The molecule has 130 valence electrons. The van der Waals surface area contributed by atoms with Crippen molar-refractivity contribution in [3.8, 4) is 0 Å². The minimum absolute atomic E-state index is 0.0117. The summed E-state index contributed by atoms with van der Waals surface area (Å²) >= 11 is 0. The fourth-order valence-corrected chi connectivity index (χ4v) is 3.77. The summed E-state index contributed by atoms with van der Waals surface area (Å²) in [6.07, 6.45) is 2.16. The van der Waals surface area contributed by atoms with E-state index in [0.717, 1.165) is 12.8 Å². The zero-order valence-corrected chi connectivity index (χ0v) is 14.2. The first kappa shape index (κ1) is 17.6. The minimum atomic E-state index is -1.10. The Labute approximate surface area is 136 Å². The molecule has 2 rings (SSSR count). The van der Waals surface area contributed by atoms with Gasteiger partial charge in [0.25, 0.3) is 0 Å². The maximum Gasteiger partial charge on any atom is 0.408 e. The van der Waals surface area contributed by atoms with Crippen LogP contribution >= 0.6 is 0 Å². The van der Waals surface area contributed by atoms with Gasteiger partial charge in [-0.25, -0.2) is 9.59 Å². The molecule has 1 saturated carbocycles. The van der Waals surface area contributed by atoms with Gasteiger partial charge >= 0.3 is 12.1 Å². The third kappa shape index (κ3) is 3.28. The Kier molecular flexibility index (Phi) is 4.59. The number of aliphatic carboxylic acids is 1. The summed E-state index contributed by atoms with van der Waals surface area (Å²) in [4.78, 5) is 37.8. The first-order valence-electron chi connectivity index (χ1n) is 8.12. The van der Waals surface area contributed by atoms with Gasteiger partial charge in [-0.15, -0.1) is 0 Å². The zero-order valence-electron chi connectivity index (χ0n) is 14.2. The fraction of sp³-hybridized carbons (Fsp3) is 0.812. The average molecular weight is 326 g/mol. The molecule has 0 aromatic carbocycles. The first-order valence-corrected chi connectivity index (χ1v) is 8.12. The van der Waals surface area contributed by atoms with Crippen LogP contribution < -0.4 is 5.32 Å². The molecule has 2 amide bonds. The van der Waals surface area contributed by atoms with Crippen molar-refractivity contribution in [2.45, 2.75) is 70.6 Å². The van der Waals surface area contributed by atoms with Crippen molar-refractivity contribution in [1.29, 1.82) is 0 Å². The van der Waals surface area contributed by atoms with E-state index >= 15 is 0 Å². The van der Waals surface area contributed by atoms with Crippen LogP contribution in [0.15, 0.2) is 0 Å². The highest BCUT2D eigenvalue weighted by molar-refractivity contribution is 5.92. The lowest BCUT2D eigenvalue weighted by Gasteiger charge is -2.36. The largest absolute Gasteiger partial charge is 0.479 e. The van der Waals surface area contributed by atoms with Crippen LogP contribution in [-0.2, 0) is 14.3 Å². The van der Waals surface area contributed by atoms with Crippen LogP contribution in [0.1, 0.15) is 53.4 Å². The van der Waals surface area contributed by atoms with Crippen LogP contribution in [0, 0.1) is 5.92 Å². The maximum atomic E-state index is 12.7. The summed E-state index contributed by atoms with van der Waals surface area (Å²) in [6, 6.07) is -0.819. The minimum Gasteiger partial charge on any atom is -0.479 e. The van der Waals surface area contributed by atoms with Crippen molar-refractivity contribution in [3.05, 3.63) is 0 Å². The van der Waals surface area contributed by atoms with E-state index in [-0.39, 0.29) is 11.8 Å². The Morgan fingerprint density at radius 1 is 1.30 bits per heavy atom. The quantitative estimate of drug-likeness (QED) is 0.824. The second kappa shape index (κ2) is 6.02. The number of rotatable bonds is 3. The number of hydrogen-bond donors (Lipinski definition) is 2. The summed E-state index contributed by atoms with van der Waals surface area (Å²) in [5.41, 5.74) is -1.75. The van der Waals surface area contributed by atoms with Gasteiger partial charge in [0.2, 0.25) is 5.91 Å². The van der Waals surface area contributed by atoms with Gasteiger partial charge in [-0.1, -0.05) is 6.42 Å². The standard InChI is InChI=1S/C16H26N2O5/c1-10(17-14(22)23-15(2,3)4)12(19)18-9-7-11-6-5-8-16(11,18)13(20)21/h10-11H,5-9H2,1-4H3,(H,17,22)(H,20,21)/t10-,11+,16+/m0/s1. The second-order valence-corrected chi connectivity index (χ2v) is 7.47. The van der Waals surface area contributed by atoms with Gasteiger partial charge < -0.3 is 20.1 Å². The molecule has 7 nitrogen and oxygen atoms in total. The van der Waals surface area contributed by atoms with E-state index in [0.29, 0.717) is 19.4 Å². The molecule has 2 aliphatic rings. The van der Waals surface area contributed by atoms with Crippen LogP contribution in [0.5, 0.6) is 0 Å². The Bertz CT molecular complexity index is 513. The number of carboxylic acid groups (broad SMARTS) is 1. The molecule has 1 saturated heterocycles.